The fourth-order valence-corrected chi connectivity index (χ4v) is 3.10. The van der Waals surface area contributed by atoms with Crippen LogP contribution in [0, 0.1) is 6.92 Å². The summed E-state index contributed by atoms with van der Waals surface area (Å²) in [6.07, 6.45) is -3.05. The number of aromatic nitrogens is 3. The van der Waals surface area contributed by atoms with Crippen LogP contribution in [-0.2, 0) is 6.18 Å². The van der Waals surface area contributed by atoms with E-state index in [9.17, 15) is 18.0 Å². The SMILES string of the molecule is CNC(=O)c1cc(Oc2ccc3[nH]c(Nc4ccc(C)cc4C(F)(F)F)nc3c2)ccn1. The van der Waals surface area contributed by atoms with Crippen molar-refractivity contribution in [3.05, 3.63) is 71.5 Å². The van der Waals surface area contributed by atoms with Gasteiger partial charge >= 0.3 is 6.18 Å². The molecule has 0 aliphatic carbocycles. The number of hydrogen-bond acceptors (Lipinski definition) is 5. The van der Waals surface area contributed by atoms with Crippen molar-refractivity contribution in [2.45, 2.75) is 13.1 Å². The van der Waals surface area contributed by atoms with Crippen molar-refractivity contribution in [3.63, 3.8) is 0 Å². The Bertz CT molecular complexity index is 1300. The molecule has 0 unspecified atom stereocenters. The van der Waals surface area contributed by atoms with E-state index >= 15 is 0 Å². The number of H-pyrrole nitrogens is 1. The first-order chi connectivity index (χ1) is 15.2. The summed E-state index contributed by atoms with van der Waals surface area (Å²) < 4.78 is 45.9. The Labute approximate surface area is 180 Å². The van der Waals surface area contributed by atoms with E-state index in [2.05, 4.69) is 25.6 Å². The van der Waals surface area contributed by atoms with Crippen molar-refractivity contribution in [2.24, 2.45) is 0 Å². The van der Waals surface area contributed by atoms with Gasteiger partial charge in [-0.15, -0.1) is 0 Å². The molecule has 32 heavy (non-hydrogen) atoms. The molecule has 0 aliphatic heterocycles. The van der Waals surface area contributed by atoms with E-state index in [1.165, 1.54) is 25.4 Å². The zero-order chi connectivity index (χ0) is 22.9. The quantitative estimate of drug-likeness (QED) is 0.397. The molecule has 2 heterocycles. The summed E-state index contributed by atoms with van der Waals surface area (Å²) in [5.41, 5.74) is 0.942. The normalized spacial score (nSPS) is 11.4. The largest absolute Gasteiger partial charge is 0.457 e. The van der Waals surface area contributed by atoms with Crippen molar-refractivity contribution in [1.82, 2.24) is 20.3 Å². The molecule has 0 fully saturated rings. The minimum Gasteiger partial charge on any atom is -0.457 e. The minimum atomic E-state index is -4.50. The van der Waals surface area contributed by atoms with Gasteiger partial charge in [0.1, 0.15) is 17.2 Å². The van der Waals surface area contributed by atoms with Crippen LogP contribution in [0.15, 0.2) is 54.7 Å². The number of benzene rings is 2. The zero-order valence-electron chi connectivity index (χ0n) is 17.0. The number of alkyl halides is 3. The van der Waals surface area contributed by atoms with Crippen molar-refractivity contribution >= 4 is 28.6 Å². The number of hydrogen-bond donors (Lipinski definition) is 3. The van der Waals surface area contributed by atoms with Crippen LogP contribution in [0.1, 0.15) is 21.6 Å². The summed E-state index contributed by atoms with van der Waals surface area (Å²) in [5, 5.41) is 5.20. The Hall–Kier alpha value is -4.08. The number of nitrogens with one attached hydrogen (secondary N) is 3. The maximum atomic E-state index is 13.4. The zero-order valence-corrected chi connectivity index (χ0v) is 17.0. The second-order valence-corrected chi connectivity index (χ2v) is 6.99. The third kappa shape index (κ3) is 4.48. The maximum absolute atomic E-state index is 13.4. The van der Waals surface area contributed by atoms with E-state index < -0.39 is 11.7 Å². The van der Waals surface area contributed by atoms with Crippen molar-refractivity contribution in [3.8, 4) is 11.5 Å². The lowest BCUT2D eigenvalue weighted by atomic mass is 10.1. The molecule has 1 amide bonds. The molecule has 0 radical (unpaired) electrons. The molecule has 3 N–H and O–H groups in total. The third-order valence-electron chi connectivity index (χ3n) is 4.61. The van der Waals surface area contributed by atoms with Gasteiger partial charge in [-0.1, -0.05) is 11.6 Å². The van der Waals surface area contributed by atoms with Crippen molar-refractivity contribution < 1.29 is 22.7 Å². The van der Waals surface area contributed by atoms with Gasteiger partial charge in [-0.2, -0.15) is 13.2 Å². The second-order valence-electron chi connectivity index (χ2n) is 6.99. The van der Waals surface area contributed by atoms with E-state index in [4.69, 9.17) is 4.74 Å². The molecule has 0 bridgehead atoms. The Kier molecular flexibility index (Phi) is 5.43. The van der Waals surface area contributed by atoms with Gasteiger partial charge in [0.2, 0.25) is 5.95 Å². The lowest BCUT2D eigenvalue weighted by Crippen LogP contribution is -2.18. The van der Waals surface area contributed by atoms with Gasteiger partial charge < -0.3 is 20.4 Å². The Balaban J connectivity index is 1.59. The molecule has 0 spiro atoms. The molecule has 10 heteroatoms. The second kappa shape index (κ2) is 8.22. The first-order valence-corrected chi connectivity index (χ1v) is 9.53. The molecule has 4 aromatic rings. The van der Waals surface area contributed by atoms with E-state index in [0.717, 1.165) is 6.07 Å². The molecule has 0 saturated carbocycles. The monoisotopic (exact) mass is 441 g/mol. The molecule has 164 valence electrons. The van der Waals surface area contributed by atoms with E-state index in [1.54, 1.807) is 37.3 Å². The van der Waals surface area contributed by atoms with Crippen LogP contribution in [0.4, 0.5) is 24.8 Å². The van der Waals surface area contributed by atoms with Crippen LogP contribution in [0.5, 0.6) is 11.5 Å². The van der Waals surface area contributed by atoms with Gasteiger partial charge in [0.25, 0.3) is 5.91 Å². The van der Waals surface area contributed by atoms with Crippen LogP contribution in [0.25, 0.3) is 11.0 Å². The molecule has 0 saturated heterocycles. The van der Waals surface area contributed by atoms with E-state index in [0.29, 0.717) is 28.1 Å². The highest BCUT2D eigenvalue weighted by atomic mass is 19.4. The summed E-state index contributed by atoms with van der Waals surface area (Å²) in [5.74, 6) is 0.665. The Morgan fingerprint density at radius 1 is 1.06 bits per heavy atom. The number of halogens is 3. The fraction of sp³-hybridized carbons (Fsp3) is 0.136. The van der Waals surface area contributed by atoms with Crippen molar-refractivity contribution in [1.29, 1.82) is 0 Å². The highest BCUT2D eigenvalue weighted by molar-refractivity contribution is 5.92. The molecular weight excluding hydrogens is 423 g/mol. The molecule has 7 nitrogen and oxygen atoms in total. The summed E-state index contributed by atoms with van der Waals surface area (Å²) >= 11 is 0. The average Bonchev–Trinajstić information content (AvgIpc) is 3.15. The summed E-state index contributed by atoms with van der Waals surface area (Å²) in [4.78, 5) is 23.0. The highest BCUT2D eigenvalue weighted by Crippen LogP contribution is 2.36. The number of aryl methyl sites for hydroxylation is 1. The van der Waals surface area contributed by atoms with E-state index in [-0.39, 0.29) is 23.2 Å². The number of fused-ring (bicyclic) bond motifs is 1. The van der Waals surface area contributed by atoms with Crippen LogP contribution in [-0.4, -0.2) is 27.9 Å². The number of nitrogens with zero attached hydrogens (tertiary/aromatic N) is 2. The standard InChI is InChI=1S/C22H18F3N5O2/c1-12-3-5-16(15(9-12)22(23,24)25)28-21-29-17-6-4-13(10-18(17)30-21)32-14-7-8-27-19(11-14)20(31)26-2/h3-11H,1-2H3,(H,26,31)(H2,28,29,30). The van der Waals surface area contributed by atoms with E-state index in [1.807, 2.05) is 0 Å². The van der Waals surface area contributed by atoms with Gasteiger partial charge in [-0.25, -0.2) is 4.98 Å². The number of anilines is 2. The van der Waals surface area contributed by atoms with Gasteiger partial charge in [-0.3, -0.25) is 9.78 Å². The van der Waals surface area contributed by atoms with Crippen LogP contribution in [0.2, 0.25) is 0 Å². The third-order valence-corrected chi connectivity index (χ3v) is 4.61. The summed E-state index contributed by atoms with van der Waals surface area (Å²) in [6.45, 7) is 1.60. The van der Waals surface area contributed by atoms with Gasteiger partial charge in [0.15, 0.2) is 0 Å². The molecular formula is C22H18F3N5O2. The highest BCUT2D eigenvalue weighted by Gasteiger charge is 2.33. The lowest BCUT2D eigenvalue weighted by molar-refractivity contribution is -0.137. The van der Waals surface area contributed by atoms with Crippen LogP contribution in [0.3, 0.4) is 0 Å². The molecule has 0 atom stereocenters. The van der Waals surface area contributed by atoms with Crippen molar-refractivity contribution in [2.75, 3.05) is 12.4 Å². The number of imidazole rings is 1. The Morgan fingerprint density at radius 2 is 1.84 bits per heavy atom. The molecule has 2 aromatic carbocycles. The van der Waals surface area contributed by atoms with Crippen LogP contribution < -0.4 is 15.4 Å². The first-order valence-electron chi connectivity index (χ1n) is 9.53. The van der Waals surface area contributed by atoms with Gasteiger partial charge in [-0.05, 0) is 37.3 Å². The number of aromatic amines is 1. The number of pyridine rings is 1. The fourth-order valence-electron chi connectivity index (χ4n) is 3.10. The summed E-state index contributed by atoms with van der Waals surface area (Å²) in [6, 6.07) is 12.2. The number of carbonyl (C=O) groups excluding carboxylic acids is 1. The Morgan fingerprint density at radius 3 is 2.59 bits per heavy atom. The van der Waals surface area contributed by atoms with Gasteiger partial charge in [0, 0.05) is 25.4 Å². The maximum Gasteiger partial charge on any atom is 0.418 e. The average molecular weight is 441 g/mol. The molecule has 2 aromatic heterocycles. The first kappa shape index (κ1) is 21.2. The predicted molar refractivity (Wildman–Crippen MR) is 113 cm³/mol. The topological polar surface area (TPSA) is 91.9 Å². The number of amides is 1. The van der Waals surface area contributed by atoms with Crippen LogP contribution >= 0.6 is 0 Å². The smallest absolute Gasteiger partial charge is 0.418 e. The molecule has 0 aliphatic rings. The lowest BCUT2D eigenvalue weighted by Gasteiger charge is -2.13. The van der Waals surface area contributed by atoms with Gasteiger partial charge in [0.05, 0.1) is 22.3 Å². The minimum absolute atomic E-state index is 0.0999. The number of rotatable bonds is 5. The number of ether oxygens (including phenoxy) is 1. The molecule has 4 rings (SSSR count). The predicted octanol–water partition coefficient (Wildman–Crippen LogP) is 5.18. The summed E-state index contributed by atoms with van der Waals surface area (Å²) in [7, 11) is 1.50. The number of carbonyl (C=O) groups is 1.